The van der Waals surface area contributed by atoms with Gasteiger partial charge in [-0.05, 0) is 65.6 Å². The number of esters is 1. The number of carbonyl (C=O) groups excluding carboxylic acids is 1. The van der Waals surface area contributed by atoms with Gasteiger partial charge in [0, 0.05) is 18.8 Å². The minimum absolute atomic E-state index is 0.0199. The molecule has 2 aromatic rings. The summed E-state index contributed by atoms with van der Waals surface area (Å²) in [5, 5.41) is 9.12. The quantitative estimate of drug-likeness (QED) is 0.674. The van der Waals surface area contributed by atoms with E-state index in [0.29, 0.717) is 11.3 Å². The van der Waals surface area contributed by atoms with Crippen LogP contribution in [0.2, 0.25) is 0 Å². The summed E-state index contributed by atoms with van der Waals surface area (Å²) in [5.74, 6) is 0.179. The Bertz CT molecular complexity index is 839. The van der Waals surface area contributed by atoms with Crippen LogP contribution in [0, 0.1) is 0 Å². The summed E-state index contributed by atoms with van der Waals surface area (Å²) in [6.07, 6.45) is 3.25. The molecule has 0 unspecified atom stereocenters. The summed E-state index contributed by atoms with van der Waals surface area (Å²) in [5.41, 5.74) is 5.37. The van der Waals surface area contributed by atoms with Crippen LogP contribution in [0.1, 0.15) is 53.7 Å². The molecular formula is C22H25NO3. The molecule has 0 spiro atoms. The van der Waals surface area contributed by atoms with E-state index in [1.807, 2.05) is 12.1 Å². The van der Waals surface area contributed by atoms with Gasteiger partial charge in [0.15, 0.2) is 0 Å². The van der Waals surface area contributed by atoms with Crippen LogP contribution in [0.3, 0.4) is 0 Å². The standard InChI is InChI=1S/C22H25NO3/c1-22(2)9-11-23-10-3-4-16-12-17(13-19(22)20(16)23)21(25)26-18-7-5-15(14-24)6-8-18/h5-8,12-13,24H,3-4,9-11,14H2,1-2H3. The van der Waals surface area contributed by atoms with Crippen molar-refractivity contribution in [2.24, 2.45) is 0 Å². The monoisotopic (exact) mass is 351 g/mol. The van der Waals surface area contributed by atoms with Crippen molar-refractivity contribution < 1.29 is 14.6 Å². The van der Waals surface area contributed by atoms with Gasteiger partial charge >= 0.3 is 5.97 Å². The molecule has 4 nitrogen and oxygen atoms in total. The number of carbonyl (C=O) groups is 1. The van der Waals surface area contributed by atoms with Crippen molar-refractivity contribution in [2.75, 3.05) is 18.0 Å². The van der Waals surface area contributed by atoms with Gasteiger partial charge in [-0.1, -0.05) is 26.0 Å². The zero-order valence-corrected chi connectivity index (χ0v) is 15.4. The van der Waals surface area contributed by atoms with E-state index in [1.54, 1.807) is 24.3 Å². The first-order valence-electron chi connectivity index (χ1n) is 9.32. The van der Waals surface area contributed by atoms with E-state index in [-0.39, 0.29) is 18.0 Å². The van der Waals surface area contributed by atoms with Gasteiger partial charge in [-0.3, -0.25) is 0 Å². The highest BCUT2D eigenvalue weighted by Gasteiger charge is 2.35. The number of aryl methyl sites for hydroxylation is 1. The van der Waals surface area contributed by atoms with Crippen LogP contribution in [0.25, 0.3) is 0 Å². The Balaban J connectivity index is 1.67. The fourth-order valence-corrected chi connectivity index (χ4v) is 4.07. The second-order valence-corrected chi connectivity index (χ2v) is 7.95. The summed E-state index contributed by atoms with van der Waals surface area (Å²) in [7, 11) is 0. The zero-order valence-electron chi connectivity index (χ0n) is 15.4. The van der Waals surface area contributed by atoms with E-state index in [1.165, 1.54) is 16.8 Å². The van der Waals surface area contributed by atoms with E-state index < -0.39 is 0 Å². The van der Waals surface area contributed by atoms with Crippen molar-refractivity contribution in [2.45, 2.75) is 45.1 Å². The zero-order chi connectivity index (χ0) is 18.3. The second-order valence-electron chi connectivity index (χ2n) is 7.95. The van der Waals surface area contributed by atoms with Gasteiger partial charge in [0.25, 0.3) is 0 Å². The Hall–Kier alpha value is -2.33. The van der Waals surface area contributed by atoms with Crippen molar-refractivity contribution in [3.8, 4) is 5.75 Å². The lowest BCUT2D eigenvalue weighted by Crippen LogP contribution is -2.41. The smallest absolute Gasteiger partial charge is 0.343 e. The third-order valence-corrected chi connectivity index (χ3v) is 5.67. The lowest BCUT2D eigenvalue weighted by molar-refractivity contribution is 0.0734. The molecule has 1 N–H and O–H groups in total. The molecule has 136 valence electrons. The summed E-state index contributed by atoms with van der Waals surface area (Å²) >= 11 is 0. The first kappa shape index (κ1) is 17.1. The van der Waals surface area contributed by atoms with E-state index in [4.69, 9.17) is 9.84 Å². The number of benzene rings is 2. The Morgan fingerprint density at radius 1 is 1.19 bits per heavy atom. The number of hydrogen-bond donors (Lipinski definition) is 1. The predicted octanol–water partition coefficient (Wildman–Crippen LogP) is 3.83. The van der Waals surface area contributed by atoms with Crippen molar-refractivity contribution in [3.63, 3.8) is 0 Å². The molecule has 2 aliphatic rings. The Labute approximate surface area is 154 Å². The fraction of sp³-hybridized carbons (Fsp3) is 0.409. The molecular weight excluding hydrogens is 326 g/mol. The molecule has 0 radical (unpaired) electrons. The van der Waals surface area contributed by atoms with E-state index >= 15 is 0 Å². The topological polar surface area (TPSA) is 49.8 Å². The van der Waals surface area contributed by atoms with E-state index in [2.05, 4.69) is 18.7 Å². The van der Waals surface area contributed by atoms with Crippen molar-refractivity contribution in [1.82, 2.24) is 0 Å². The Morgan fingerprint density at radius 2 is 1.96 bits per heavy atom. The predicted molar refractivity (Wildman–Crippen MR) is 102 cm³/mol. The molecule has 2 aromatic carbocycles. The molecule has 0 fully saturated rings. The average molecular weight is 351 g/mol. The van der Waals surface area contributed by atoms with Crippen LogP contribution in [0.5, 0.6) is 5.75 Å². The first-order chi connectivity index (χ1) is 12.5. The summed E-state index contributed by atoms with van der Waals surface area (Å²) < 4.78 is 5.57. The van der Waals surface area contributed by atoms with Crippen molar-refractivity contribution >= 4 is 11.7 Å². The maximum Gasteiger partial charge on any atom is 0.343 e. The number of ether oxygens (including phenoxy) is 1. The lowest BCUT2D eigenvalue weighted by Gasteiger charge is -2.44. The first-order valence-corrected chi connectivity index (χ1v) is 9.32. The summed E-state index contributed by atoms with van der Waals surface area (Å²) in [4.78, 5) is 15.2. The maximum absolute atomic E-state index is 12.7. The molecule has 0 aromatic heterocycles. The number of rotatable bonds is 3. The average Bonchev–Trinajstić information content (AvgIpc) is 2.65. The van der Waals surface area contributed by atoms with Crippen LogP contribution in [0.4, 0.5) is 5.69 Å². The van der Waals surface area contributed by atoms with Gasteiger partial charge in [-0.15, -0.1) is 0 Å². The Morgan fingerprint density at radius 3 is 2.69 bits per heavy atom. The Kier molecular flexibility index (Phi) is 4.23. The third-order valence-electron chi connectivity index (χ3n) is 5.67. The normalized spacial score (nSPS) is 17.6. The van der Waals surface area contributed by atoms with Crippen LogP contribution in [-0.2, 0) is 18.4 Å². The molecule has 2 aliphatic heterocycles. The fourth-order valence-electron chi connectivity index (χ4n) is 4.07. The number of aliphatic hydroxyl groups is 1. The largest absolute Gasteiger partial charge is 0.423 e. The van der Waals surface area contributed by atoms with Crippen LogP contribution in [-0.4, -0.2) is 24.2 Å². The highest BCUT2D eigenvalue weighted by Crippen LogP contribution is 2.44. The maximum atomic E-state index is 12.7. The van der Waals surface area contributed by atoms with E-state index in [0.717, 1.165) is 37.9 Å². The highest BCUT2D eigenvalue weighted by atomic mass is 16.5. The molecule has 0 aliphatic carbocycles. The van der Waals surface area contributed by atoms with Gasteiger partial charge in [0.05, 0.1) is 12.2 Å². The molecule has 0 atom stereocenters. The van der Waals surface area contributed by atoms with E-state index in [9.17, 15) is 4.79 Å². The van der Waals surface area contributed by atoms with Gasteiger partial charge in [0.2, 0.25) is 0 Å². The molecule has 0 amide bonds. The number of anilines is 1. The minimum atomic E-state index is -0.320. The lowest BCUT2D eigenvalue weighted by atomic mass is 9.74. The van der Waals surface area contributed by atoms with Crippen LogP contribution >= 0.6 is 0 Å². The summed E-state index contributed by atoms with van der Waals surface area (Å²) in [6.45, 7) is 6.70. The molecule has 4 heteroatoms. The highest BCUT2D eigenvalue weighted by molar-refractivity contribution is 5.93. The number of nitrogens with zero attached hydrogens (tertiary/aromatic N) is 1. The molecule has 26 heavy (non-hydrogen) atoms. The number of hydrogen-bond acceptors (Lipinski definition) is 4. The molecule has 0 bridgehead atoms. The van der Waals surface area contributed by atoms with Crippen molar-refractivity contribution in [1.29, 1.82) is 0 Å². The minimum Gasteiger partial charge on any atom is -0.423 e. The van der Waals surface area contributed by atoms with Crippen molar-refractivity contribution in [3.05, 3.63) is 58.7 Å². The van der Waals surface area contributed by atoms with Gasteiger partial charge in [0.1, 0.15) is 5.75 Å². The molecule has 4 rings (SSSR count). The van der Waals surface area contributed by atoms with Gasteiger partial charge in [-0.2, -0.15) is 0 Å². The molecule has 0 saturated heterocycles. The SMILES string of the molecule is CC1(C)CCN2CCCc3cc(C(=O)Oc4ccc(CO)cc4)cc1c32. The third kappa shape index (κ3) is 2.99. The van der Waals surface area contributed by atoms with Gasteiger partial charge in [-0.25, -0.2) is 4.79 Å². The van der Waals surface area contributed by atoms with Crippen LogP contribution in [0.15, 0.2) is 36.4 Å². The number of aliphatic hydroxyl groups excluding tert-OH is 1. The molecule has 0 saturated carbocycles. The van der Waals surface area contributed by atoms with Gasteiger partial charge < -0.3 is 14.7 Å². The van der Waals surface area contributed by atoms with Crippen LogP contribution < -0.4 is 9.64 Å². The second kappa shape index (κ2) is 6.44. The molecule has 2 heterocycles. The summed E-state index contributed by atoms with van der Waals surface area (Å²) in [6, 6.07) is 11.0.